The number of piperazine rings is 1. The van der Waals surface area contributed by atoms with E-state index in [4.69, 9.17) is 14.5 Å². The quantitative estimate of drug-likeness (QED) is 0.526. The Morgan fingerprint density at radius 3 is 2.60 bits per heavy atom. The molecule has 1 fully saturated rings. The minimum absolute atomic E-state index is 0.0347. The molecule has 35 heavy (non-hydrogen) atoms. The van der Waals surface area contributed by atoms with E-state index in [1.54, 1.807) is 14.0 Å². The summed E-state index contributed by atoms with van der Waals surface area (Å²) in [7, 11) is -2.24. The van der Waals surface area contributed by atoms with E-state index in [-0.39, 0.29) is 17.5 Å². The van der Waals surface area contributed by atoms with Crippen molar-refractivity contribution in [2.24, 2.45) is 4.99 Å². The Hall–Kier alpha value is -3.43. The van der Waals surface area contributed by atoms with Gasteiger partial charge in [0, 0.05) is 31.7 Å². The van der Waals surface area contributed by atoms with Crippen molar-refractivity contribution in [1.29, 1.82) is 0 Å². The normalized spacial score (nSPS) is 18.1. The molecule has 0 radical (unpaired) electrons. The zero-order valence-electron chi connectivity index (χ0n) is 19.7. The van der Waals surface area contributed by atoms with Crippen molar-refractivity contribution in [2.75, 3.05) is 26.7 Å². The lowest BCUT2D eigenvalue weighted by Gasteiger charge is -2.40. The molecule has 0 aliphatic carbocycles. The number of hydrogen-bond acceptors (Lipinski definition) is 6. The number of rotatable bonds is 3. The minimum Gasteiger partial charge on any atom is -0.497 e. The summed E-state index contributed by atoms with van der Waals surface area (Å²) in [5.74, 6) is 2.09. The van der Waals surface area contributed by atoms with Gasteiger partial charge in [-0.15, -0.1) is 0 Å². The fourth-order valence-corrected chi connectivity index (χ4v) is 6.05. The van der Waals surface area contributed by atoms with Crippen LogP contribution in [0.2, 0.25) is 0 Å². The number of methoxy groups -OCH3 is 1. The maximum atomic E-state index is 14.1. The number of aliphatic imine (C=N–C) groups is 1. The molecule has 0 bridgehead atoms. The summed E-state index contributed by atoms with van der Waals surface area (Å²) in [4.78, 5) is 6.96. The number of halogens is 1. The third-order valence-corrected chi connectivity index (χ3v) is 8.37. The highest BCUT2D eigenvalue weighted by atomic mass is 32.2. The second-order valence-corrected chi connectivity index (χ2v) is 10.6. The highest BCUT2D eigenvalue weighted by Gasteiger charge is 2.36. The molecule has 1 atom stereocenters. The molecule has 1 saturated heterocycles. The molecule has 9 heteroatoms. The number of fused-ring (bicyclic) bond motifs is 2. The highest BCUT2D eigenvalue weighted by Crippen LogP contribution is 2.40. The molecule has 0 aromatic heterocycles. The molecule has 182 valence electrons. The van der Waals surface area contributed by atoms with Crippen molar-refractivity contribution in [3.63, 3.8) is 0 Å². The molecule has 0 spiro atoms. The third-order valence-electron chi connectivity index (χ3n) is 6.36. The Balaban J connectivity index is 1.48. The molecule has 2 aliphatic rings. The van der Waals surface area contributed by atoms with Gasteiger partial charge in [-0.2, -0.15) is 4.31 Å². The molecule has 2 aliphatic heterocycles. The second-order valence-electron chi connectivity index (χ2n) is 8.69. The maximum absolute atomic E-state index is 14.1. The summed E-state index contributed by atoms with van der Waals surface area (Å²) < 4.78 is 53.7. The molecule has 0 saturated carbocycles. The van der Waals surface area contributed by atoms with Gasteiger partial charge in [-0.05, 0) is 55.8 Å². The number of ether oxygens (including phenoxy) is 2. The minimum atomic E-state index is -3.84. The van der Waals surface area contributed by atoms with Gasteiger partial charge < -0.3 is 14.4 Å². The number of hydrogen-bond donors (Lipinski definition) is 0. The van der Waals surface area contributed by atoms with E-state index in [0.29, 0.717) is 47.4 Å². The zero-order valence-corrected chi connectivity index (χ0v) is 20.5. The van der Waals surface area contributed by atoms with Gasteiger partial charge in [-0.25, -0.2) is 17.8 Å². The number of aryl methyl sites for hydroxylation is 1. The molecule has 3 aromatic carbocycles. The van der Waals surface area contributed by atoms with Crippen molar-refractivity contribution in [3.8, 4) is 17.2 Å². The molecular weight excluding hydrogens is 469 g/mol. The van der Waals surface area contributed by atoms with Crippen molar-refractivity contribution in [2.45, 2.75) is 24.8 Å². The Morgan fingerprint density at radius 2 is 1.86 bits per heavy atom. The number of nitrogens with zero attached hydrogens (tertiary/aromatic N) is 3. The molecular formula is C26H26FN3O4S. The van der Waals surface area contributed by atoms with Crippen molar-refractivity contribution >= 4 is 21.5 Å². The Bertz CT molecular complexity index is 1420. The van der Waals surface area contributed by atoms with Crippen LogP contribution in [0.25, 0.3) is 0 Å². The van der Waals surface area contributed by atoms with Gasteiger partial charge in [-0.1, -0.05) is 18.2 Å². The summed E-state index contributed by atoms with van der Waals surface area (Å²) in [6, 6.07) is 16.8. The number of amidine groups is 1. The molecule has 0 unspecified atom stereocenters. The van der Waals surface area contributed by atoms with Crippen molar-refractivity contribution in [1.82, 2.24) is 9.21 Å². The summed E-state index contributed by atoms with van der Waals surface area (Å²) in [6.45, 7) is 4.54. The van der Waals surface area contributed by atoms with Gasteiger partial charge >= 0.3 is 0 Å². The average molecular weight is 496 g/mol. The smallest absolute Gasteiger partial charge is 0.243 e. The van der Waals surface area contributed by atoms with Crippen LogP contribution in [0, 0.1) is 12.7 Å². The summed E-state index contributed by atoms with van der Waals surface area (Å²) in [5.41, 5.74) is 1.90. The van der Waals surface area contributed by atoms with Gasteiger partial charge in [0.15, 0.2) is 5.75 Å². The van der Waals surface area contributed by atoms with E-state index in [1.807, 2.05) is 49.4 Å². The Kier molecular flexibility index (Phi) is 5.98. The van der Waals surface area contributed by atoms with E-state index in [2.05, 4.69) is 4.90 Å². The van der Waals surface area contributed by atoms with E-state index in [0.717, 1.165) is 11.6 Å². The maximum Gasteiger partial charge on any atom is 0.243 e. The van der Waals surface area contributed by atoms with E-state index < -0.39 is 15.8 Å². The van der Waals surface area contributed by atoms with Crippen molar-refractivity contribution in [3.05, 3.63) is 77.6 Å². The first kappa shape index (κ1) is 23.3. The van der Waals surface area contributed by atoms with E-state index >= 15 is 0 Å². The lowest BCUT2D eigenvalue weighted by Crippen LogP contribution is -2.55. The summed E-state index contributed by atoms with van der Waals surface area (Å²) in [6.07, 6.45) is 0. The number of sulfonamides is 1. The van der Waals surface area contributed by atoms with Crippen molar-refractivity contribution < 1.29 is 22.3 Å². The average Bonchev–Trinajstić information content (AvgIpc) is 3.01. The molecule has 0 amide bonds. The lowest BCUT2D eigenvalue weighted by atomic mass is 10.1. The predicted octanol–water partition coefficient (Wildman–Crippen LogP) is 4.72. The van der Waals surface area contributed by atoms with Crippen LogP contribution in [0.15, 0.2) is 70.6 Å². The SMILES string of the molecule is COc1ccc2c(c1)Oc1ccccc1N=C2N1CCN(S(=O)(=O)c2ccc(C)c(F)c2)[C@@H](C)C1. The molecule has 5 rings (SSSR count). The molecule has 0 N–H and O–H groups in total. The second kappa shape index (κ2) is 8.98. The van der Waals surface area contributed by atoms with Crippen LogP contribution < -0.4 is 9.47 Å². The topological polar surface area (TPSA) is 71.4 Å². The van der Waals surface area contributed by atoms with Crippen LogP contribution in [-0.4, -0.2) is 56.2 Å². The molecule has 2 heterocycles. The number of benzene rings is 3. The Morgan fingerprint density at radius 1 is 1.06 bits per heavy atom. The van der Waals surface area contributed by atoms with Crippen LogP contribution in [0.3, 0.4) is 0 Å². The van der Waals surface area contributed by atoms with Crippen LogP contribution in [-0.2, 0) is 10.0 Å². The monoisotopic (exact) mass is 495 g/mol. The van der Waals surface area contributed by atoms with Crippen LogP contribution in [0.5, 0.6) is 17.2 Å². The Labute approximate surface area is 204 Å². The highest BCUT2D eigenvalue weighted by molar-refractivity contribution is 7.89. The standard InChI is InChI=1S/C26H26FN3O4S/c1-17-8-10-20(15-22(17)27)35(31,32)30-13-12-29(16-18(30)2)26-21-11-9-19(33-3)14-25(21)34-24-7-5-4-6-23(24)28-26/h4-11,14-15,18H,12-13,16H2,1-3H3/t18-/m0/s1. The van der Waals surface area contributed by atoms with Gasteiger partial charge in [0.2, 0.25) is 10.0 Å². The van der Waals surface area contributed by atoms with Crippen LogP contribution >= 0.6 is 0 Å². The first-order valence-electron chi connectivity index (χ1n) is 11.3. The fraction of sp³-hybridized carbons (Fsp3) is 0.269. The lowest BCUT2D eigenvalue weighted by molar-refractivity contribution is 0.205. The summed E-state index contributed by atoms with van der Waals surface area (Å²) >= 11 is 0. The largest absolute Gasteiger partial charge is 0.497 e. The van der Waals surface area contributed by atoms with E-state index in [9.17, 15) is 12.8 Å². The van der Waals surface area contributed by atoms with Crippen LogP contribution in [0.1, 0.15) is 18.1 Å². The zero-order chi connectivity index (χ0) is 24.7. The van der Waals surface area contributed by atoms with Gasteiger partial charge in [0.25, 0.3) is 0 Å². The van der Waals surface area contributed by atoms with Gasteiger partial charge in [0.05, 0.1) is 17.6 Å². The third kappa shape index (κ3) is 4.26. The first-order chi connectivity index (χ1) is 16.8. The van der Waals surface area contributed by atoms with Crippen LogP contribution in [0.4, 0.5) is 10.1 Å². The van der Waals surface area contributed by atoms with E-state index in [1.165, 1.54) is 16.4 Å². The van der Waals surface area contributed by atoms with Gasteiger partial charge in [0.1, 0.15) is 28.8 Å². The molecule has 3 aromatic rings. The molecule has 7 nitrogen and oxygen atoms in total. The van der Waals surface area contributed by atoms with Gasteiger partial charge in [-0.3, -0.25) is 0 Å². The summed E-state index contributed by atoms with van der Waals surface area (Å²) in [5, 5.41) is 0. The number of para-hydroxylation sites is 2. The first-order valence-corrected chi connectivity index (χ1v) is 12.8. The predicted molar refractivity (Wildman–Crippen MR) is 132 cm³/mol. The fourth-order valence-electron chi connectivity index (χ4n) is 4.43.